The molecule has 4 aromatic rings. The van der Waals surface area contributed by atoms with Gasteiger partial charge in [-0.25, -0.2) is 4.98 Å². The lowest BCUT2D eigenvalue weighted by Gasteiger charge is -2.24. The van der Waals surface area contributed by atoms with Gasteiger partial charge >= 0.3 is 12.1 Å². The van der Waals surface area contributed by atoms with Gasteiger partial charge in [-0.1, -0.05) is 66.7 Å². The molecule has 2 atom stereocenters. The van der Waals surface area contributed by atoms with Crippen LogP contribution in [-0.2, 0) is 11.2 Å². The molecule has 8 nitrogen and oxygen atoms in total. The number of carboxylic acid groups (broad SMARTS) is 1. The van der Waals surface area contributed by atoms with E-state index in [1.807, 2.05) is 30.3 Å². The van der Waals surface area contributed by atoms with Crippen LogP contribution in [0, 0.1) is 0 Å². The first-order chi connectivity index (χ1) is 18.5. The first kappa shape index (κ1) is 27.4. The maximum absolute atomic E-state index is 14.3. The van der Waals surface area contributed by atoms with Crippen molar-refractivity contribution >= 4 is 11.9 Å². The van der Waals surface area contributed by atoms with Gasteiger partial charge in [0.2, 0.25) is 17.9 Å². The number of aromatic nitrogens is 2. The van der Waals surface area contributed by atoms with E-state index in [2.05, 4.69) is 9.97 Å². The molecule has 3 aromatic carbocycles. The number of benzene rings is 3. The highest BCUT2D eigenvalue weighted by atomic mass is 19.4. The molecule has 0 bridgehead atoms. The summed E-state index contributed by atoms with van der Waals surface area (Å²) in [6, 6.07) is 20.3. The molecule has 0 saturated carbocycles. The smallest absolute Gasteiger partial charge is 0.429 e. The molecule has 0 amide bonds. The van der Waals surface area contributed by atoms with E-state index >= 15 is 0 Å². The lowest BCUT2D eigenvalue weighted by Crippen LogP contribution is -2.32. The molecule has 0 fully saturated rings. The fourth-order valence-electron chi connectivity index (χ4n) is 3.97. The molecule has 11 heteroatoms. The number of hydrogen-bond donors (Lipinski definition) is 3. The number of rotatable bonds is 9. The van der Waals surface area contributed by atoms with Crippen LogP contribution in [0.25, 0.3) is 22.4 Å². The van der Waals surface area contributed by atoms with Crippen molar-refractivity contribution in [2.45, 2.75) is 24.7 Å². The molecular weight excluding hydrogens is 513 g/mol. The van der Waals surface area contributed by atoms with Crippen LogP contribution in [0.15, 0.2) is 78.9 Å². The van der Waals surface area contributed by atoms with E-state index in [-0.39, 0.29) is 35.3 Å². The Bertz CT molecular complexity index is 1450. The average Bonchev–Trinajstić information content (AvgIpc) is 2.91. The van der Waals surface area contributed by atoms with E-state index in [0.29, 0.717) is 16.7 Å². The second-order valence-corrected chi connectivity index (χ2v) is 8.66. The zero-order chi connectivity index (χ0) is 28.2. The first-order valence-corrected chi connectivity index (χ1v) is 11.7. The van der Waals surface area contributed by atoms with E-state index < -0.39 is 24.3 Å². The number of nitrogen functional groups attached to an aromatic ring is 1. The number of carbonyl (C=O) groups is 1. The van der Waals surface area contributed by atoms with E-state index in [4.69, 9.17) is 26.0 Å². The molecule has 4 rings (SSSR count). The van der Waals surface area contributed by atoms with E-state index in [9.17, 15) is 18.0 Å². The number of aliphatic carboxylic acids is 1. The Labute approximate surface area is 222 Å². The average molecular weight is 539 g/mol. The second kappa shape index (κ2) is 11.4. The van der Waals surface area contributed by atoms with Crippen LogP contribution in [0.2, 0.25) is 0 Å². The number of halogens is 3. The molecule has 202 valence electrons. The first-order valence-electron chi connectivity index (χ1n) is 11.7. The molecule has 0 aliphatic heterocycles. The van der Waals surface area contributed by atoms with Gasteiger partial charge in [-0.2, -0.15) is 18.2 Å². The Morgan fingerprint density at radius 3 is 2.23 bits per heavy atom. The third-order valence-electron chi connectivity index (χ3n) is 5.90. The van der Waals surface area contributed by atoms with Gasteiger partial charge in [0.25, 0.3) is 0 Å². The molecule has 1 heterocycles. The summed E-state index contributed by atoms with van der Waals surface area (Å²) >= 11 is 0. The van der Waals surface area contributed by atoms with Gasteiger partial charge in [-0.15, -0.1) is 0 Å². The van der Waals surface area contributed by atoms with E-state index in [1.165, 1.54) is 25.3 Å². The van der Waals surface area contributed by atoms with Crippen LogP contribution in [0.3, 0.4) is 0 Å². The van der Waals surface area contributed by atoms with Crippen molar-refractivity contribution < 1.29 is 32.5 Å². The summed E-state index contributed by atoms with van der Waals surface area (Å²) in [7, 11) is 1.29. The van der Waals surface area contributed by atoms with Crippen molar-refractivity contribution in [3.8, 4) is 34.0 Å². The Morgan fingerprint density at radius 1 is 0.949 bits per heavy atom. The van der Waals surface area contributed by atoms with Crippen molar-refractivity contribution in [2.75, 3.05) is 12.8 Å². The highest BCUT2D eigenvalue weighted by molar-refractivity contribution is 5.73. The SMILES string of the molecule is COc1cc(-c2ccccc2)ccc1[C@@H](Oc1cc(-c2ccc(CC(N)C(=O)O)cc2)nc(N)n1)C(F)(F)F. The normalized spacial score (nSPS) is 12.9. The monoisotopic (exact) mass is 538 g/mol. The molecule has 39 heavy (non-hydrogen) atoms. The number of alkyl halides is 3. The minimum Gasteiger partial charge on any atom is -0.496 e. The molecule has 5 N–H and O–H groups in total. The summed E-state index contributed by atoms with van der Waals surface area (Å²) in [5.74, 6) is -1.80. The van der Waals surface area contributed by atoms with Gasteiger partial charge in [0, 0.05) is 17.2 Å². The zero-order valence-corrected chi connectivity index (χ0v) is 20.7. The lowest BCUT2D eigenvalue weighted by molar-refractivity contribution is -0.199. The standard InChI is InChI=1S/C28H25F3N4O4/c1-38-23-14-19(17-5-3-2-4-6-17)11-12-20(23)25(28(29,30)31)39-24-15-22(34-27(33)35-24)18-9-7-16(8-10-18)13-21(32)26(36)37/h2-12,14-15,21,25H,13,32H2,1H3,(H,36,37)(H2,33,34,35)/t21?,25-/m1/s1. The third kappa shape index (κ3) is 6.63. The second-order valence-electron chi connectivity index (χ2n) is 8.66. The van der Waals surface area contributed by atoms with Crippen LogP contribution >= 0.6 is 0 Å². The highest BCUT2D eigenvalue weighted by Crippen LogP contribution is 2.42. The highest BCUT2D eigenvalue weighted by Gasteiger charge is 2.45. The largest absolute Gasteiger partial charge is 0.496 e. The molecule has 1 aromatic heterocycles. The predicted molar refractivity (Wildman–Crippen MR) is 139 cm³/mol. The fraction of sp³-hybridized carbons (Fsp3) is 0.179. The van der Waals surface area contributed by atoms with Gasteiger partial charge in [0.05, 0.1) is 12.8 Å². The van der Waals surface area contributed by atoms with Crippen molar-refractivity contribution in [3.05, 3.63) is 90.0 Å². The quantitative estimate of drug-likeness (QED) is 0.270. The molecule has 0 aliphatic carbocycles. The summed E-state index contributed by atoms with van der Waals surface area (Å²) < 4.78 is 53.4. The summed E-state index contributed by atoms with van der Waals surface area (Å²) in [5, 5.41) is 8.99. The lowest BCUT2D eigenvalue weighted by atomic mass is 10.0. The fourth-order valence-corrected chi connectivity index (χ4v) is 3.97. The van der Waals surface area contributed by atoms with Gasteiger partial charge in [0.1, 0.15) is 11.8 Å². The Kier molecular flexibility index (Phi) is 8.01. The van der Waals surface area contributed by atoms with Crippen LogP contribution in [-0.4, -0.2) is 40.4 Å². The summed E-state index contributed by atoms with van der Waals surface area (Å²) in [5.41, 5.74) is 14.0. The van der Waals surface area contributed by atoms with Crippen molar-refractivity contribution in [2.24, 2.45) is 5.73 Å². The number of hydrogen-bond acceptors (Lipinski definition) is 7. The van der Waals surface area contributed by atoms with E-state index in [1.54, 1.807) is 30.3 Å². The van der Waals surface area contributed by atoms with Crippen LogP contribution in [0.4, 0.5) is 19.1 Å². The zero-order valence-electron chi connectivity index (χ0n) is 20.7. The number of methoxy groups -OCH3 is 1. The Morgan fingerprint density at radius 2 is 1.62 bits per heavy atom. The van der Waals surface area contributed by atoms with Crippen LogP contribution < -0.4 is 20.9 Å². The molecule has 1 unspecified atom stereocenters. The van der Waals surface area contributed by atoms with E-state index in [0.717, 1.165) is 5.56 Å². The maximum atomic E-state index is 14.3. The summed E-state index contributed by atoms with van der Waals surface area (Å²) in [4.78, 5) is 19.0. The minimum absolute atomic E-state index is 0.00362. The van der Waals surface area contributed by atoms with Crippen molar-refractivity contribution in [1.82, 2.24) is 9.97 Å². The molecule has 0 spiro atoms. The molecule has 0 aliphatic rings. The summed E-state index contributed by atoms with van der Waals surface area (Å²) in [6.07, 6.45) is -7.11. The van der Waals surface area contributed by atoms with Crippen molar-refractivity contribution in [3.63, 3.8) is 0 Å². The Hall–Kier alpha value is -4.64. The predicted octanol–water partition coefficient (Wildman–Crippen LogP) is 5.04. The van der Waals surface area contributed by atoms with Gasteiger partial charge in [-0.05, 0) is 29.2 Å². The number of carboxylic acids is 1. The van der Waals surface area contributed by atoms with Gasteiger partial charge < -0.3 is 26.0 Å². The van der Waals surface area contributed by atoms with Gasteiger partial charge in [-0.3, -0.25) is 4.79 Å². The van der Waals surface area contributed by atoms with Crippen molar-refractivity contribution in [1.29, 1.82) is 0 Å². The maximum Gasteiger partial charge on any atom is 0.429 e. The topological polar surface area (TPSA) is 134 Å². The van der Waals surface area contributed by atoms with Crippen LogP contribution in [0.5, 0.6) is 11.6 Å². The number of nitrogens with two attached hydrogens (primary N) is 2. The number of ether oxygens (including phenoxy) is 2. The third-order valence-corrected chi connectivity index (χ3v) is 5.90. The van der Waals surface area contributed by atoms with Gasteiger partial charge in [0.15, 0.2) is 0 Å². The van der Waals surface area contributed by atoms with Crippen LogP contribution in [0.1, 0.15) is 17.2 Å². The Balaban J connectivity index is 1.65. The molecule has 0 radical (unpaired) electrons. The minimum atomic E-state index is -4.81. The number of nitrogens with zero attached hydrogens (tertiary/aromatic N) is 2. The molecule has 0 saturated heterocycles. The number of anilines is 1. The summed E-state index contributed by atoms with van der Waals surface area (Å²) in [6.45, 7) is 0. The molecular formula is C28H25F3N4O4.